The molecule has 70 heavy (non-hydrogen) atoms. The van der Waals surface area contributed by atoms with E-state index in [0.29, 0.717) is 23.3 Å². The number of nitrogens with one attached hydrogen (secondary N) is 3. The smallest absolute Gasteiger partial charge is 0.101 e. The molecule has 1 saturated heterocycles. The molecule has 6 nitrogen and oxygen atoms in total. The summed E-state index contributed by atoms with van der Waals surface area (Å²) >= 11 is 0. The first-order valence-corrected chi connectivity index (χ1v) is 26.5. The zero-order valence-electron chi connectivity index (χ0n) is 42.9. The van der Waals surface area contributed by atoms with Crippen molar-refractivity contribution in [2.45, 2.75) is 137 Å². The molecule has 6 aliphatic carbocycles. The van der Waals surface area contributed by atoms with E-state index >= 15 is 0 Å². The molecule has 358 valence electrons. The Morgan fingerprint density at radius 2 is 1.63 bits per heavy atom. The van der Waals surface area contributed by atoms with Gasteiger partial charge in [0.2, 0.25) is 0 Å². The second-order valence-electron chi connectivity index (χ2n) is 24.5. The Morgan fingerprint density at radius 1 is 0.814 bits per heavy atom. The van der Waals surface area contributed by atoms with Gasteiger partial charge in [0.05, 0.1) is 47.0 Å². The Balaban J connectivity index is 1.07. The number of fused-ring (bicyclic) bond motifs is 8. The number of aromatic nitrogens is 1. The number of nitrogens with zero attached hydrogens (tertiary/aromatic N) is 3. The van der Waals surface area contributed by atoms with Crippen molar-refractivity contribution in [3.05, 3.63) is 177 Å². The molecule has 2 aliphatic heterocycles. The van der Waals surface area contributed by atoms with Crippen LogP contribution in [-0.2, 0) is 5.41 Å². The Morgan fingerprint density at radius 3 is 2.41 bits per heavy atom. The summed E-state index contributed by atoms with van der Waals surface area (Å²) < 4.78 is 2.42. The monoisotopic (exact) mass is 925 g/mol. The third-order valence-electron chi connectivity index (χ3n) is 18.0. The number of hydrogen-bond acceptors (Lipinski definition) is 5. The van der Waals surface area contributed by atoms with Crippen LogP contribution in [0.25, 0.3) is 28.2 Å². The number of benzene rings is 3. The molecule has 1 fully saturated rings. The topological polar surface area (TPSA) is 68.0 Å². The fourth-order valence-electron chi connectivity index (χ4n) is 14.0. The Bertz CT molecular complexity index is 3120. The van der Waals surface area contributed by atoms with Gasteiger partial charge < -0.3 is 9.47 Å². The van der Waals surface area contributed by atoms with E-state index in [4.69, 9.17) is 0 Å². The normalized spacial score (nSPS) is 29.6. The van der Waals surface area contributed by atoms with Crippen molar-refractivity contribution in [3.63, 3.8) is 0 Å². The lowest BCUT2D eigenvalue weighted by Crippen LogP contribution is -2.61. The summed E-state index contributed by atoms with van der Waals surface area (Å²) in [4.78, 5) is 2.75. The highest BCUT2D eigenvalue weighted by atomic mass is 15.4. The van der Waals surface area contributed by atoms with E-state index in [0.717, 1.165) is 55.3 Å². The van der Waals surface area contributed by atoms with E-state index in [9.17, 15) is 5.26 Å². The second-order valence-corrected chi connectivity index (χ2v) is 24.5. The van der Waals surface area contributed by atoms with Crippen LogP contribution in [0.4, 0.5) is 5.69 Å². The maximum Gasteiger partial charge on any atom is 0.101 e. The highest BCUT2D eigenvalue weighted by Crippen LogP contribution is 2.56. The summed E-state index contributed by atoms with van der Waals surface area (Å²) in [5.41, 5.74) is 18.0. The average molecular weight is 925 g/mol. The van der Waals surface area contributed by atoms with Gasteiger partial charge in [0, 0.05) is 34.2 Å². The lowest BCUT2D eigenvalue weighted by atomic mass is 9.69. The maximum atomic E-state index is 11.5. The molecule has 9 unspecified atom stereocenters. The molecular formula is C64H72N6. The highest BCUT2D eigenvalue weighted by molar-refractivity contribution is 5.92. The minimum absolute atomic E-state index is 0.0352. The van der Waals surface area contributed by atoms with Gasteiger partial charge >= 0.3 is 0 Å². The van der Waals surface area contributed by atoms with Gasteiger partial charge in [0.25, 0.3) is 0 Å². The van der Waals surface area contributed by atoms with E-state index in [1.807, 2.05) is 0 Å². The van der Waals surface area contributed by atoms with Crippen LogP contribution in [0.5, 0.6) is 0 Å². The fourth-order valence-corrected chi connectivity index (χ4v) is 14.0. The standard InChI is InChI=1S/C64H72N6/c1-38-18-17-25-55-58(38)45-22-14-16-24-52(45)70(55)56-36-57(69-53-30-27-42(62(2,3)4)34-47(53)48-35-43(63(5,6)7)28-31-54(48)69)49(33-41(56)37-65)61-67-59(39-19-11-10-12-20-39)66-60(68-61)40-26-29-51-46(32-40)44-21-13-15-23-50(44)64(51,8)9/h10-17,19,21-22,24-27,29-30,32-34,36,38-39,43,47,50,53,59-61,66-68H,18,20,23,28,31,35H2,1-9H3. The predicted octanol–water partition coefficient (Wildman–Crippen LogP) is 14.7. The van der Waals surface area contributed by atoms with Crippen molar-refractivity contribution in [3.8, 4) is 11.8 Å². The van der Waals surface area contributed by atoms with Crippen LogP contribution in [0.1, 0.15) is 158 Å². The fraction of sp³-hybridized carbons (Fsp3) is 0.422. The van der Waals surface area contributed by atoms with Gasteiger partial charge in [-0.3, -0.25) is 16.0 Å². The number of rotatable bonds is 5. The van der Waals surface area contributed by atoms with Gasteiger partial charge in [0.15, 0.2) is 0 Å². The summed E-state index contributed by atoms with van der Waals surface area (Å²) in [5.74, 6) is 1.97. The van der Waals surface area contributed by atoms with Crippen molar-refractivity contribution in [2.24, 2.45) is 34.5 Å². The van der Waals surface area contributed by atoms with Crippen LogP contribution in [-0.4, -0.2) is 16.8 Å². The largest absolute Gasteiger partial charge is 0.337 e. The van der Waals surface area contributed by atoms with Gasteiger partial charge in [-0.05, 0) is 142 Å². The van der Waals surface area contributed by atoms with Crippen molar-refractivity contribution >= 4 is 28.2 Å². The van der Waals surface area contributed by atoms with Crippen molar-refractivity contribution in [2.75, 3.05) is 4.90 Å². The minimum atomic E-state index is -0.279. The quantitative estimate of drug-likeness (QED) is 0.186. The summed E-state index contributed by atoms with van der Waals surface area (Å²) in [6.45, 7) is 21.6. The zero-order valence-corrected chi connectivity index (χ0v) is 42.9. The first-order valence-electron chi connectivity index (χ1n) is 26.5. The molecule has 4 aromatic rings. The Labute approximate surface area is 417 Å². The maximum absolute atomic E-state index is 11.5. The molecule has 3 heterocycles. The summed E-state index contributed by atoms with van der Waals surface area (Å²) in [6, 6.07) is 23.7. The number of para-hydroxylation sites is 1. The van der Waals surface area contributed by atoms with Crippen LogP contribution in [0, 0.1) is 45.8 Å². The van der Waals surface area contributed by atoms with E-state index in [-0.39, 0.29) is 52.6 Å². The van der Waals surface area contributed by atoms with Gasteiger partial charge in [0.1, 0.15) is 6.07 Å². The third kappa shape index (κ3) is 7.28. The number of nitriles is 1. The van der Waals surface area contributed by atoms with Gasteiger partial charge in [-0.2, -0.15) is 5.26 Å². The zero-order chi connectivity index (χ0) is 48.4. The number of allylic oxidation sites excluding steroid dienone is 11. The molecule has 12 rings (SSSR count). The molecule has 0 bridgehead atoms. The molecule has 0 saturated carbocycles. The first-order chi connectivity index (χ1) is 33.6. The van der Waals surface area contributed by atoms with Gasteiger partial charge in [-0.25, -0.2) is 0 Å². The van der Waals surface area contributed by atoms with E-state index in [1.165, 1.54) is 55.9 Å². The summed E-state index contributed by atoms with van der Waals surface area (Å²) in [6.07, 6.45) is 34.1. The number of anilines is 1. The lowest BCUT2D eigenvalue weighted by Gasteiger charge is -2.44. The molecule has 0 amide bonds. The molecule has 1 aromatic heterocycles. The molecule has 6 heteroatoms. The molecule has 0 spiro atoms. The van der Waals surface area contributed by atoms with Gasteiger partial charge in [-0.15, -0.1) is 0 Å². The molecule has 8 aliphatic rings. The lowest BCUT2D eigenvalue weighted by molar-refractivity contribution is 0.170. The Hall–Kier alpha value is -5.71. The molecular weight excluding hydrogens is 853 g/mol. The first kappa shape index (κ1) is 45.4. The van der Waals surface area contributed by atoms with Crippen LogP contribution in [0.2, 0.25) is 0 Å². The van der Waals surface area contributed by atoms with Crippen molar-refractivity contribution in [1.82, 2.24) is 20.5 Å². The third-order valence-corrected chi connectivity index (χ3v) is 18.0. The number of hydrogen-bond donors (Lipinski definition) is 3. The summed E-state index contributed by atoms with van der Waals surface area (Å²) in [5, 5.41) is 25.3. The molecule has 9 atom stereocenters. The van der Waals surface area contributed by atoms with Crippen LogP contribution in [0.15, 0.2) is 138 Å². The van der Waals surface area contributed by atoms with E-state index < -0.39 is 0 Å². The van der Waals surface area contributed by atoms with Crippen molar-refractivity contribution < 1.29 is 0 Å². The SMILES string of the molecule is CC1CC=Cc2c1c1ccccc1n2-c1cc(N2C3=C(CC(C(C)(C)C)CC3)C3C=C(C(C)(C)C)C=CC32)c(C2NC(c3ccc4c(c3)C3=CC=CCC3C4(C)C)NC(C3C=CC=CC3)N2)cc1C#N. The van der Waals surface area contributed by atoms with Gasteiger partial charge in [-0.1, -0.05) is 159 Å². The second kappa shape index (κ2) is 16.7. The van der Waals surface area contributed by atoms with Crippen molar-refractivity contribution in [1.29, 1.82) is 5.26 Å². The molecule has 3 N–H and O–H groups in total. The summed E-state index contributed by atoms with van der Waals surface area (Å²) in [7, 11) is 0. The van der Waals surface area contributed by atoms with Crippen LogP contribution < -0.4 is 20.9 Å². The van der Waals surface area contributed by atoms with Crippen LogP contribution >= 0.6 is 0 Å². The Kier molecular flexibility index (Phi) is 10.8. The average Bonchev–Trinajstić information content (AvgIpc) is 3.96. The predicted molar refractivity (Wildman–Crippen MR) is 290 cm³/mol. The molecule has 3 aromatic carbocycles. The van der Waals surface area contributed by atoms with E-state index in [1.54, 1.807) is 5.57 Å². The molecule has 0 radical (unpaired) electrons. The minimum Gasteiger partial charge on any atom is -0.337 e. The van der Waals surface area contributed by atoms with E-state index in [2.05, 4.69) is 221 Å². The highest BCUT2D eigenvalue weighted by Gasteiger charge is 2.48. The van der Waals surface area contributed by atoms with Crippen LogP contribution in [0.3, 0.4) is 0 Å².